The molecule has 4 atom stereocenters. The molecular weight excluding hydrogens is 232 g/mol. The van der Waals surface area contributed by atoms with Gasteiger partial charge in [-0.05, 0) is 37.2 Å². The molecule has 106 valence electrons. The van der Waals surface area contributed by atoms with Crippen LogP contribution >= 0.6 is 0 Å². The molecule has 0 bridgehead atoms. The van der Waals surface area contributed by atoms with E-state index in [4.69, 9.17) is 5.73 Å². The molecule has 2 nitrogen and oxygen atoms in total. The zero-order chi connectivity index (χ0) is 13.8. The summed E-state index contributed by atoms with van der Waals surface area (Å²) in [7, 11) is 0. The van der Waals surface area contributed by atoms with Crippen molar-refractivity contribution in [3.05, 3.63) is 35.9 Å². The van der Waals surface area contributed by atoms with E-state index < -0.39 is 0 Å². The van der Waals surface area contributed by atoms with Gasteiger partial charge in [-0.25, -0.2) is 0 Å². The van der Waals surface area contributed by atoms with E-state index in [1.165, 1.54) is 24.9 Å². The van der Waals surface area contributed by atoms with Gasteiger partial charge in [-0.15, -0.1) is 0 Å². The predicted molar refractivity (Wildman–Crippen MR) is 82.3 cm³/mol. The maximum Gasteiger partial charge on any atom is 0.0287 e. The van der Waals surface area contributed by atoms with E-state index in [-0.39, 0.29) is 0 Å². The summed E-state index contributed by atoms with van der Waals surface area (Å²) < 4.78 is 0. The Morgan fingerprint density at radius 1 is 1.21 bits per heavy atom. The molecule has 0 spiro atoms. The lowest BCUT2D eigenvalue weighted by molar-refractivity contribution is 0.0693. The quantitative estimate of drug-likeness (QED) is 0.900. The number of piperidine rings is 1. The van der Waals surface area contributed by atoms with E-state index in [9.17, 15) is 0 Å². The third kappa shape index (κ3) is 3.37. The van der Waals surface area contributed by atoms with E-state index in [0.29, 0.717) is 18.0 Å². The van der Waals surface area contributed by atoms with Gasteiger partial charge in [0.2, 0.25) is 0 Å². The Hall–Kier alpha value is -0.860. The smallest absolute Gasteiger partial charge is 0.0287 e. The molecule has 1 aromatic rings. The molecule has 4 unspecified atom stereocenters. The highest BCUT2D eigenvalue weighted by Crippen LogP contribution is 2.29. The fourth-order valence-electron chi connectivity index (χ4n) is 3.39. The number of nitrogens with two attached hydrogens (primary N) is 1. The van der Waals surface area contributed by atoms with Crippen LogP contribution in [0.2, 0.25) is 0 Å². The summed E-state index contributed by atoms with van der Waals surface area (Å²) in [5, 5.41) is 0. The van der Waals surface area contributed by atoms with Crippen molar-refractivity contribution in [3.8, 4) is 0 Å². The molecule has 2 rings (SSSR count). The Morgan fingerprint density at radius 2 is 1.89 bits per heavy atom. The maximum atomic E-state index is 6.11. The highest BCUT2D eigenvalue weighted by Gasteiger charge is 2.31. The maximum absolute atomic E-state index is 6.11. The topological polar surface area (TPSA) is 29.3 Å². The fraction of sp³-hybridized carbons (Fsp3) is 0.647. The summed E-state index contributed by atoms with van der Waals surface area (Å²) in [6.45, 7) is 8.97. The van der Waals surface area contributed by atoms with Gasteiger partial charge >= 0.3 is 0 Å². The van der Waals surface area contributed by atoms with Crippen LogP contribution in [0.1, 0.15) is 45.1 Å². The van der Waals surface area contributed by atoms with E-state index >= 15 is 0 Å². The van der Waals surface area contributed by atoms with E-state index in [2.05, 4.69) is 56.0 Å². The minimum Gasteiger partial charge on any atom is -0.329 e. The third-order valence-electron chi connectivity index (χ3n) is 4.74. The molecule has 1 aliphatic heterocycles. The molecule has 0 amide bonds. The minimum absolute atomic E-state index is 0.458. The summed E-state index contributed by atoms with van der Waals surface area (Å²) in [5.74, 6) is 1.30. The van der Waals surface area contributed by atoms with Crippen LogP contribution in [-0.2, 0) is 0 Å². The lowest BCUT2D eigenvalue weighted by Crippen LogP contribution is -2.52. The lowest BCUT2D eigenvalue weighted by atomic mass is 9.87. The van der Waals surface area contributed by atoms with E-state index in [1.54, 1.807) is 0 Å². The van der Waals surface area contributed by atoms with Gasteiger partial charge in [0, 0.05) is 25.2 Å². The van der Waals surface area contributed by atoms with Crippen LogP contribution in [0.25, 0.3) is 0 Å². The van der Waals surface area contributed by atoms with Crippen LogP contribution in [-0.4, -0.2) is 30.1 Å². The van der Waals surface area contributed by atoms with Crippen molar-refractivity contribution >= 4 is 0 Å². The van der Waals surface area contributed by atoms with Crippen LogP contribution in [0.15, 0.2) is 30.3 Å². The zero-order valence-corrected chi connectivity index (χ0v) is 12.5. The average molecular weight is 260 g/mol. The lowest BCUT2D eigenvalue weighted by Gasteiger charge is -2.44. The Kier molecular flexibility index (Phi) is 5.00. The first-order chi connectivity index (χ1) is 9.13. The molecule has 0 saturated carbocycles. The van der Waals surface area contributed by atoms with Gasteiger partial charge in [-0.2, -0.15) is 0 Å². The van der Waals surface area contributed by atoms with E-state index in [1.807, 2.05) is 0 Å². The number of rotatable bonds is 4. The predicted octanol–water partition coefficient (Wildman–Crippen LogP) is 3.24. The van der Waals surface area contributed by atoms with Crippen LogP contribution in [0, 0.1) is 5.92 Å². The summed E-state index contributed by atoms with van der Waals surface area (Å²) in [4.78, 5) is 2.64. The number of hydrogen-bond donors (Lipinski definition) is 1. The van der Waals surface area contributed by atoms with Crippen molar-refractivity contribution in [2.45, 2.75) is 51.6 Å². The molecule has 1 aromatic carbocycles. The highest BCUT2D eigenvalue weighted by molar-refractivity contribution is 5.21. The highest BCUT2D eigenvalue weighted by atomic mass is 15.2. The van der Waals surface area contributed by atoms with Crippen molar-refractivity contribution in [2.24, 2.45) is 11.7 Å². The normalized spacial score (nSPS) is 28.0. The van der Waals surface area contributed by atoms with Gasteiger partial charge in [0.1, 0.15) is 0 Å². The molecule has 1 fully saturated rings. The Balaban J connectivity index is 2.14. The second kappa shape index (κ2) is 6.53. The summed E-state index contributed by atoms with van der Waals surface area (Å²) in [6, 6.07) is 11.9. The largest absolute Gasteiger partial charge is 0.329 e. The first-order valence-corrected chi connectivity index (χ1v) is 7.64. The molecule has 0 aromatic heterocycles. The van der Waals surface area contributed by atoms with Gasteiger partial charge in [-0.1, -0.05) is 44.2 Å². The van der Waals surface area contributed by atoms with Gasteiger partial charge in [0.25, 0.3) is 0 Å². The van der Waals surface area contributed by atoms with Gasteiger partial charge in [0.15, 0.2) is 0 Å². The molecule has 1 saturated heterocycles. The van der Waals surface area contributed by atoms with Gasteiger partial charge in [0.05, 0.1) is 0 Å². The molecular formula is C17H28N2. The molecule has 1 heterocycles. The van der Waals surface area contributed by atoms with Crippen molar-refractivity contribution in [3.63, 3.8) is 0 Å². The SMILES string of the molecule is CC1CCC(C)N(C(CN)C(C)c2ccccc2)C1. The standard InChI is InChI=1S/C17H28N2/c1-13-9-10-14(2)19(12-13)17(11-18)15(3)16-7-5-4-6-8-16/h4-8,13-15,17H,9-12,18H2,1-3H3. The van der Waals surface area contributed by atoms with E-state index in [0.717, 1.165) is 12.5 Å². The van der Waals surface area contributed by atoms with Crippen molar-refractivity contribution in [1.29, 1.82) is 0 Å². The van der Waals surface area contributed by atoms with Crippen LogP contribution < -0.4 is 5.73 Å². The number of nitrogens with zero attached hydrogens (tertiary/aromatic N) is 1. The summed E-state index contributed by atoms with van der Waals surface area (Å²) in [5.41, 5.74) is 7.51. The van der Waals surface area contributed by atoms with Gasteiger partial charge in [-0.3, -0.25) is 4.90 Å². The summed E-state index contributed by atoms with van der Waals surface area (Å²) >= 11 is 0. The number of hydrogen-bond acceptors (Lipinski definition) is 2. The first kappa shape index (κ1) is 14.5. The minimum atomic E-state index is 0.458. The Morgan fingerprint density at radius 3 is 2.53 bits per heavy atom. The summed E-state index contributed by atoms with van der Waals surface area (Å²) in [6.07, 6.45) is 2.66. The molecule has 2 heteroatoms. The molecule has 0 aliphatic carbocycles. The molecule has 1 aliphatic rings. The van der Waals surface area contributed by atoms with Crippen molar-refractivity contribution in [1.82, 2.24) is 4.90 Å². The number of benzene rings is 1. The van der Waals surface area contributed by atoms with Crippen molar-refractivity contribution in [2.75, 3.05) is 13.1 Å². The van der Waals surface area contributed by atoms with Crippen LogP contribution in [0.4, 0.5) is 0 Å². The number of likely N-dealkylation sites (tertiary alicyclic amines) is 1. The molecule has 19 heavy (non-hydrogen) atoms. The zero-order valence-electron chi connectivity index (χ0n) is 12.5. The second-order valence-corrected chi connectivity index (χ2v) is 6.23. The fourth-order valence-corrected chi connectivity index (χ4v) is 3.39. The van der Waals surface area contributed by atoms with Crippen LogP contribution in [0.5, 0.6) is 0 Å². The molecule has 0 radical (unpaired) electrons. The van der Waals surface area contributed by atoms with Crippen molar-refractivity contribution < 1.29 is 0 Å². The Bertz CT molecular complexity index is 376. The second-order valence-electron chi connectivity index (χ2n) is 6.23. The molecule has 2 N–H and O–H groups in total. The third-order valence-corrected chi connectivity index (χ3v) is 4.74. The average Bonchev–Trinajstić information content (AvgIpc) is 2.44. The Labute approximate surface area is 118 Å². The monoisotopic (exact) mass is 260 g/mol. The van der Waals surface area contributed by atoms with Gasteiger partial charge < -0.3 is 5.73 Å². The van der Waals surface area contributed by atoms with Crippen LogP contribution in [0.3, 0.4) is 0 Å². The first-order valence-electron chi connectivity index (χ1n) is 7.64.